The Kier molecular flexibility index (Phi) is 5.66. The third-order valence-electron chi connectivity index (χ3n) is 3.07. The van der Waals surface area contributed by atoms with Gasteiger partial charge in [0.15, 0.2) is 0 Å². The summed E-state index contributed by atoms with van der Waals surface area (Å²) in [5.41, 5.74) is 1.02. The zero-order valence-electron chi connectivity index (χ0n) is 12.7. The lowest BCUT2D eigenvalue weighted by atomic mass is 10.3. The number of anilines is 2. The summed E-state index contributed by atoms with van der Waals surface area (Å²) in [4.78, 5) is 11.8. The van der Waals surface area contributed by atoms with E-state index in [0.717, 1.165) is 5.69 Å². The van der Waals surface area contributed by atoms with Crippen molar-refractivity contribution >= 4 is 38.9 Å². The van der Waals surface area contributed by atoms with Crippen LogP contribution in [-0.2, 0) is 14.8 Å². The number of hydrogen-bond donors (Lipinski definition) is 3. The quantitative estimate of drug-likeness (QED) is 0.721. The summed E-state index contributed by atoms with van der Waals surface area (Å²) in [6.45, 7) is 0.000432. The summed E-state index contributed by atoms with van der Waals surface area (Å²) in [7, 11) is -2.29. The molecule has 0 fully saturated rings. The topological polar surface area (TPSA) is 111 Å². The molecular formula is C15H16ClN3O4S. The fraction of sp³-hybridized carbons (Fsp3) is 0.133. The number of primary sulfonamides is 1. The number of benzene rings is 2. The summed E-state index contributed by atoms with van der Waals surface area (Å²) < 4.78 is 27.6. The second-order valence-corrected chi connectivity index (χ2v) is 6.79. The predicted octanol–water partition coefficient (Wildman–Crippen LogP) is 2.05. The first-order valence-electron chi connectivity index (χ1n) is 6.80. The molecule has 0 unspecified atom stereocenters. The van der Waals surface area contributed by atoms with Crippen molar-refractivity contribution in [3.05, 3.63) is 47.5 Å². The van der Waals surface area contributed by atoms with Crippen molar-refractivity contribution in [3.63, 3.8) is 0 Å². The number of nitrogens with two attached hydrogens (primary N) is 1. The van der Waals surface area contributed by atoms with Crippen LogP contribution in [0.3, 0.4) is 0 Å². The number of carbonyl (C=O) groups is 1. The highest BCUT2D eigenvalue weighted by Gasteiger charge is 2.12. The minimum absolute atomic E-state index is 0.000432. The van der Waals surface area contributed by atoms with Crippen molar-refractivity contribution in [2.75, 3.05) is 24.3 Å². The number of carbonyl (C=O) groups excluding carboxylic acids is 1. The average molecular weight is 370 g/mol. The van der Waals surface area contributed by atoms with Gasteiger partial charge in [-0.15, -0.1) is 0 Å². The van der Waals surface area contributed by atoms with Crippen LogP contribution < -0.4 is 20.5 Å². The summed E-state index contributed by atoms with van der Waals surface area (Å²) in [5, 5.41) is 10.6. The summed E-state index contributed by atoms with van der Waals surface area (Å²) in [6.07, 6.45) is 0. The van der Waals surface area contributed by atoms with E-state index in [1.807, 2.05) is 0 Å². The number of nitrogens with one attached hydrogen (secondary N) is 2. The van der Waals surface area contributed by atoms with Gasteiger partial charge in [-0.25, -0.2) is 13.6 Å². The van der Waals surface area contributed by atoms with Gasteiger partial charge in [-0.2, -0.15) is 0 Å². The van der Waals surface area contributed by atoms with Crippen LogP contribution in [0.1, 0.15) is 0 Å². The molecule has 24 heavy (non-hydrogen) atoms. The van der Waals surface area contributed by atoms with E-state index in [1.54, 1.807) is 31.4 Å². The number of rotatable bonds is 6. The fourth-order valence-corrected chi connectivity index (χ4v) is 2.72. The molecule has 0 saturated heterocycles. The Morgan fingerprint density at radius 1 is 1.25 bits per heavy atom. The highest BCUT2D eigenvalue weighted by atomic mass is 35.5. The summed E-state index contributed by atoms with van der Waals surface area (Å²) in [5.74, 6) is 0.324. The van der Waals surface area contributed by atoms with Crippen LogP contribution in [-0.4, -0.2) is 28.0 Å². The smallest absolute Gasteiger partial charge is 0.243 e. The number of methoxy groups -OCH3 is 1. The molecule has 0 spiro atoms. The van der Waals surface area contributed by atoms with E-state index >= 15 is 0 Å². The van der Waals surface area contributed by atoms with Gasteiger partial charge in [0.25, 0.3) is 0 Å². The zero-order chi connectivity index (χ0) is 17.7. The Morgan fingerprint density at radius 2 is 2.00 bits per heavy atom. The van der Waals surface area contributed by atoms with Gasteiger partial charge >= 0.3 is 0 Å². The highest BCUT2D eigenvalue weighted by Crippen LogP contribution is 2.24. The predicted molar refractivity (Wildman–Crippen MR) is 92.9 cm³/mol. The maximum Gasteiger partial charge on any atom is 0.243 e. The molecule has 0 aromatic heterocycles. The van der Waals surface area contributed by atoms with Gasteiger partial charge in [0.05, 0.1) is 29.3 Å². The summed E-state index contributed by atoms with van der Waals surface area (Å²) >= 11 is 5.96. The molecule has 0 atom stereocenters. The van der Waals surface area contributed by atoms with E-state index in [4.69, 9.17) is 21.5 Å². The zero-order valence-corrected chi connectivity index (χ0v) is 14.3. The van der Waals surface area contributed by atoms with Crippen molar-refractivity contribution in [2.45, 2.75) is 4.90 Å². The van der Waals surface area contributed by atoms with Crippen molar-refractivity contribution in [3.8, 4) is 5.75 Å². The van der Waals surface area contributed by atoms with Gasteiger partial charge in [0.1, 0.15) is 5.75 Å². The number of halogens is 1. The maximum absolute atomic E-state index is 12.0. The fourth-order valence-electron chi connectivity index (χ4n) is 1.88. The molecule has 1 amide bonds. The van der Waals surface area contributed by atoms with Gasteiger partial charge in [0.2, 0.25) is 15.9 Å². The van der Waals surface area contributed by atoms with E-state index in [-0.39, 0.29) is 22.4 Å². The third-order valence-corrected chi connectivity index (χ3v) is 4.29. The lowest BCUT2D eigenvalue weighted by Gasteiger charge is -2.10. The van der Waals surface area contributed by atoms with Crippen LogP contribution in [0.15, 0.2) is 47.4 Å². The summed E-state index contributed by atoms with van der Waals surface area (Å²) in [6, 6.07) is 11.0. The Morgan fingerprint density at radius 3 is 2.62 bits per heavy atom. The Hall–Kier alpha value is -2.29. The molecule has 2 rings (SSSR count). The molecule has 9 heteroatoms. The highest BCUT2D eigenvalue weighted by molar-refractivity contribution is 7.89. The van der Waals surface area contributed by atoms with Gasteiger partial charge < -0.3 is 15.4 Å². The normalized spacial score (nSPS) is 11.0. The van der Waals surface area contributed by atoms with Crippen molar-refractivity contribution < 1.29 is 17.9 Å². The monoisotopic (exact) mass is 369 g/mol. The first kappa shape index (κ1) is 18.1. The largest absolute Gasteiger partial charge is 0.497 e. The number of ether oxygens (including phenoxy) is 1. The van der Waals surface area contributed by atoms with E-state index in [9.17, 15) is 13.2 Å². The first-order valence-corrected chi connectivity index (χ1v) is 8.72. The average Bonchev–Trinajstić information content (AvgIpc) is 2.54. The van der Waals surface area contributed by atoms with E-state index < -0.39 is 10.0 Å². The lowest BCUT2D eigenvalue weighted by Crippen LogP contribution is -2.22. The molecule has 0 aliphatic carbocycles. The Bertz CT molecular complexity index is 856. The standard InChI is InChI=1S/C15H16ClN3O4S/c1-23-11-4-2-3-10(7-11)18-9-15(20)19-14-6-5-12(8-13(14)16)24(17,21)22/h2-8,18H,9H2,1H3,(H,19,20)(H2,17,21,22). The van der Waals surface area contributed by atoms with Gasteiger partial charge in [-0.1, -0.05) is 17.7 Å². The number of sulfonamides is 1. The SMILES string of the molecule is COc1cccc(NCC(=O)Nc2ccc(S(N)(=O)=O)cc2Cl)c1. The second kappa shape index (κ2) is 7.52. The molecule has 2 aromatic rings. The molecular weight excluding hydrogens is 354 g/mol. The van der Waals surface area contributed by atoms with Crippen molar-refractivity contribution in [1.29, 1.82) is 0 Å². The molecule has 0 aliphatic rings. The molecule has 7 nitrogen and oxygen atoms in total. The van der Waals surface area contributed by atoms with E-state index in [0.29, 0.717) is 11.4 Å². The van der Waals surface area contributed by atoms with Gasteiger partial charge in [-0.3, -0.25) is 4.79 Å². The van der Waals surface area contributed by atoms with Gasteiger partial charge in [0, 0.05) is 11.8 Å². The molecule has 0 radical (unpaired) electrons. The second-order valence-electron chi connectivity index (χ2n) is 4.82. The molecule has 0 saturated carbocycles. The number of amides is 1. The van der Waals surface area contributed by atoms with Crippen LogP contribution in [0.5, 0.6) is 5.75 Å². The van der Waals surface area contributed by atoms with Crippen LogP contribution in [0.4, 0.5) is 11.4 Å². The Labute approximate surface area is 144 Å². The van der Waals surface area contributed by atoms with Crippen LogP contribution in [0.25, 0.3) is 0 Å². The molecule has 0 aliphatic heterocycles. The number of hydrogen-bond acceptors (Lipinski definition) is 5. The van der Waals surface area contributed by atoms with Crippen molar-refractivity contribution in [2.24, 2.45) is 5.14 Å². The van der Waals surface area contributed by atoms with Gasteiger partial charge in [-0.05, 0) is 30.3 Å². The van der Waals surface area contributed by atoms with E-state index in [2.05, 4.69) is 10.6 Å². The first-order chi connectivity index (χ1) is 11.3. The molecule has 4 N–H and O–H groups in total. The van der Waals surface area contributed by atoms with Crippen LogP contribution >= 0.6 is 11.6 Å². The molecule has 2 aromatic carbocycles. The third kappa shape index (κ3) is 4.85. The maximum atomic E-state index is 12.0. The van der Waals surface area contributed by atoms with Crippen LogP contribution in [0.2, 0.25) is 5.02 Å². The van der Waals surface area contributed by atoms with E-state index in [1.165, 1.54) is 18.2 Å². The molecule has 0 bridgehead atoms. The van der Waals surface area contributed by atoms with Crippen LogP contribution in [0, 0.1) is 0 Å². The molecule has 128 valence electrons. The van der Waals surface area contributed by atoms with Crippen molar-refractivity contribution in [1.82, 2.24) is 0 Å². The minimum atomic E-state index is -3.84. The Balaban J connectivity index is 1.99. The minimum Gasteiger partial charge on any atom is -0.497 e. The molecule has 0 heterocycles. The lowest BCUT2D eigenvalue weighted by molar-refractivity contribution is -0.114.